The molecule has 0 saturated heterocycles. The van der Waals surface area contributed by atoms with Crippen molar-refractivity contribution in [3.05, 3.63) is 95.6 Å². The quantitative estimate of drug-likeness (QED) is 0.339. The molecule has 0 aliphatic rings. The monoisotopic (exact) mass is 444 g/mol. The van der Waals surface area contributed by atoms with E-state index in [-0.39, 0.29) is 17.9 Å². The van der Waals surface area contributed by atoms with E-state index in [2.05, 4.69) is 29.8 Å². The predicted molar refractivity (Wildman–Crippen MR) is 134 cm³/mol. The third kappa shape index (κ3) is 6.67. The molecule has 172 valence electrons. The number of hydrogen-bond acceptors (Lipinski definition) is 4. The number of benzene rings is 3. The van der Waals surface area contributed by atoms with Gasteiger partial charge in [-0.2, -0.15) is 0 Å². The summed E-state index contributed by atoms with van der Waals surface area (Å²) in [4.78, 5) is 25.5. The average Bonchev–Trinajstić information content (AvgIpc) is 2.85. The Kier molecular flexibility index (Phi) is 8.61. The summed E-state index contributed by atoms with van der Waals surface area (Å²) in [7, 11) is 0. The van der Waals surface area contributed by atoms with E-state index in [4.69, 9.17) is 5.73 Å². The van der Waals surface area contributed by atoms with Crippen LogP contribution in [0, 0.1) is 0 Å². The summed E-state index contributed by atoms with van der Waals surface area (Å²) in [5, 5.41) is 9.47. The first-order chi connectivity index (χ1) is 16.0. The van der Waals surface area contributed by atoms with E-state index in [0.717, 1.165) is 18.4 Å². The molecule has 33 heavy (non-hydrogen) atoms. The Morgan fingerprint density at radius 1 is 0.788 bits per heavy atom. The van der Waals surface area contributed by atoms with E-state index in [9.17, 15) is 9.59 Å². The van der Waals surface area contributed by atoms with E-state index in [1.807, 2.05) is 30.3 Å². The molecule has 3 aromatic rings. The third-order valence-electron chi connectivity index (χ3n) is 5.72. The van der Waals surface area contributed by atoms with Crippen molar-refractivity contribution < 1.29 is 9.59 Å². The lowest BCUT2D eigenvalue weighted by Gasteiger charge is -2.23. The minimum Gasteiger partial charge on any atom is -0.397 e. The number of rotatable bonds is 10. The molecule has 0 heterocycles. The van der Waals surface area contributed by atoms with Crippen molar-refractivity contribution in [1.29, 1.82) is 0 Å². The second kappa shape index (κ2) is 11.8. The summed E-state index contributed by atoms with van der Waals surface area (Å²) < 4.78 is 0. The van der Waals surface area contributed by atoms with Gasteiger partial charge in [0.15, 0.2) is 0 Å². The van der Waals surface area contributed by atoms with Gasteiger partial charge in [-0.15, -0.1) is 0 Å². The second-order valence-corrected chi connectivity index (χ2v) is 7.98. The van der Waals surface area contributed by atoms with E-state index < -0.39 is 0 Å². The van der Waals surface area contributed by atoms with Crippen LogP contribution in [-0.2, 0) is 0 Å². The third-order valence-corrected chi connectivity index (χ3v) is 5.72. The van der Waals surface area contributed by atoms with Gasteiger partial charge in [0.05, 0.1) is 17.4 Å². The predicted octanol–water partition coefficient (Wildman–Crippen LogP) is 4.77. The number of anilines is 2. The van der Waals surface area contributed by atoms with Crippen molar-refractivity contribution in [3.8, 4) is 0 Å². The Labute approximate surface area is 195 Å². The maximum Gasteiger partial charge on any atom is 0.255 e. The van der Waals surface area contributed by atoms with E-state index in [0.29, 0.717) is 35.1 Å². The van der Waals surface area contributed by atoms with Crippen molar-refractivity contribution >= 4 is 23.2 Å². The number of hydrogen-bond donors (Lipinski definition) is 4. The average molecular weight is 445 g/mol. The number of carbonyl (C=O) groups excluding carboxylic acids is 2. The number of para-hydroxylation sites is 2. The van der Waals surface area contributed by atoms with Crippen molar-refractivity contribution in [3.63, 3.8) is 0 Å². The molecule has 0 fully saturated rings. The fraction of sp³-hybridized carbons (Fsp3) is 0.259. The highest BCUT2D eigenvalue weighted by atomic mass is 16.2. The molecule has 0 bridgehead atoms. The summed E-state index contributed by atoms with van der Waals surface area (Å²) in [5.41, 5.74) is 8.93. The number of nitrogens with one attached hydrogen (secondary N) is 3. The van der Waals surface area contributed by atoms with Crippen LogP contribution in [0.3, 0.4) is 0 Å². The van der Waals surface area contributed by atoms with Crippen molar-refractivity contribution in [2.75, 3.05) is 17.6 Å². The fourth-order valence-electron chi connectivity index (χ4n) is 3.62. The molecule has 6 nitrogen and oxygen atoms in total. The summed E-state index contributed by atoms with van der Waals surface area (Å²) in [6.07, 6.45) is 2.06. The van der Waals surface area contributed by atoms with Gasteiger partial charge in [0.25, 0.3) is 11.8 Å². The van der Waals surface area contributed by atoms with Gasteiger partial charge in [0.1, 0.15) is 0 Å². The molecule has 6 heteroatoms. The standard InChI is InChI=1S/C27H32N4O2/c1-3-22(4-2)29-18-25(19-10-6-5-7-11-19)31-27(33)21-16-14-20(15-17-21)26(32)30-24-13-9-8-12-23(24)28/h5-17,22,25,29H,3-4,18,28H2,1-2H3,(H,30,32)(H,31,33). The van der Waals surface area contributed by atoms with Gasteiger partial charge in [-0.1, -0.05) is 56.3 Å². The lowest BCUT2D eigenvalue weighted by molar-refractivity contribution is 0.0934. The van der Waals surface area contributed by atoms with Crippen LogP contribution in [0.2, 0.25) is 0 Å². The fourth-order valence-corrected chi connectivity index (χ4v) is 3.62. The molecule has 0 saturated carbocycles. The van der Waals surface area contributed by atoms with Crippen LogP contribution in [0.1, 0.15) is 59.0 Å². The minimum atomic E-state index is -0.281. The van der Waals surface area contributed by atoms with Gasteiger partial charge in [0, 0.05) is 23.7 Å². The number of nitrogen functional groups attached to an aromatic ring is 1. The smallest absolute Gasteiger partial charge is 0.255 e. The molecule has 1 unspecified atom stereocenters. The number of amides is 2. The molecule has 0 aliphatic carbocycles. The highest BCUT2D eigenvalue weighted by molar-refractivity contribution is 6.06. The first-order valence-electron chi connectivity index (χ1n) is 11.4. The Bertz CT molecular complexity index is 1050. The van der Waals surface area contributed by atoms with Crippen molar-refractivity contribution in [2.24, 2.45) is 0 Å². The molecular weight excluding hydrogens is 412 g/mol. The lowest BCUT2D eigenvalue weighted by Crippen LogP contribution is -2.39. The molecule has 3 rings (SSSR count). The van der Waals surface area contributed by atoms with Gasteiger partial charge in [-0.3, -0.25) is 9.59 Å². The zero-order valence-electron chi connectivity index (χ0n) is 19.2. The first-order valence-corrected chi connectivity index (χ1v) is 11.4. The molecule has 0 aromatic heterocycles. The van der Waals surface area contributed by atoms with Crippen LogP contribution in [0.15, 0.2) is 78.9 Å². The Morgan fingerprint density at radius 2 is 1.36 bits per heavy atom. The molecule has 3 aromatic carbocycles. The van der Waals surface area contributed by atoms with Gasteiger partial charge < -0.3 is 21.7 Å². The highest BCUT2D eigenvalue weighted by Gasteiger charge is 2.17. The normalized spacial score (nSPS) is 11.7. The first kappa shape index (κ1) is 24.0. The molecule has 0 aliphatic heterocycles. The molecular formula is C27H32N4O2. The SMILES string of the molecule is CCC(CC)NCC(NC(=O)c1ccc(C(=O)Nc2ccccc2N)cc1)c1ccccc1. The van der Waals surface area contributed by atoms with Crippen LogP contribution in [-0.4, -0.2) is 24.4 Å². The lowest BCUT2D eigenvalue weighted by atomic mass is 10.0. The molecule has 1 atom stereocenters. The molecule has 0 radical (unpaired) electrons. The van der Waals surface area contributed by atoms with Gasteiger partial charge in [0.2, 0.25) is 0 Å². The maximum absolute atomic E-state index is 13.0. The number of nitrogens with two attached hydrogens (primary N) is 1. The zero-order valence-corrected chi connectivity index (χ0v) is 19.2. The Hall–Kier alpha value is -3.64. The van der Waals surface area contributed by atoms with E-state index in [1.165, 1.54) is 0 Å². The number of carbonyl (C=O) groups is 2. The van der Waals surface area contributed by atoms with Crippen LogP contribution in [0.25, 0.3) is 0 Å². The topological polar surface area (TPSA) is 96.2 Å². The van der Waals surface area contributed by atoms with Gasteiger partial charge in [-0.05, 0) is 54.8 Å². The van der Waals surface area contributed by atoms with E-state index >= 15 is 0 Å². The van der Waals surface area contributed by atoms with Crippen LogP contribution in [0.4, 0.5) is 11.4 Å². The molecule has 2 amide bonds. The second-order valence-electron chi connectivity index (χ2n) is 7.98. The minimum absolute atomic E-state index is 0.164. The van der Waals surface area contributed by atoms with Crippen LogP contribution < -0.4 is 21.7 Å². The Balaban J connectivity index is 1.68. The van der Waals surface area contributed by atoms with Gasteiger partial charge >= 0.3 is 0 Å². The van der Waals surface area contributed by atoms with E-state index in [1.54, 1.807) is 48.5 Å². The highest BCUT2D eigenvalue weighted by Crippen LogP contribution is 2.18. The largest absolute Gasteiger partial charge is 0.397 e. The molecule has 0 spiro atoms. The summed E-state index contributed by atoms with van der Waals surface area (Å²) >= 11 is 0. The summed E-state index contributed by atoms with van der Waals surface area (Å²) in [5.74, 6) is -0.467. The Morgan fingerprint density at radius 3 is 1.97 bits per heavy atom. The van der Waals surface area contributed by atoms with Crippen molar-refractivity contribution in [1.82, 2.24) is 10.6 Å². The maximum atomic E-state index is 13.0. The van der Waals surface area contributed by atoms with Crippen LogP contribution >= 0.6 is 0 Å². The van der Waals surface area contributed by atoms with Crippen LogP contribution in [0.5, 0.6) is 0 Å². The van der Waals surface area contributed by atoms with Crippen molar-refractivity contribution in [2.45, 2.75) is 38.8 Å². The summed E-state index contributed by atoms with van der Waals surface area (Å²) in [6, 6.07) is 23.9. The van der Waals surface area contributed by atoms with Gasteiger partial charge in [-0.25, -0.2) is 0 Å². The summed E-state index contributed by atoms with van der Waals surface area (Å²) in [6.45, 7) is 4.95. The molecule has 5 N–H and O–H groups in total. The zero-order chi connectivity index (χ0) is 23.6.